The molecule has 0 aromatic heterocycles. The first-order valence-electron chi connectivity index (χ1n) is 50.8. The van der Waals surface area contributed by atoms with Gasteiger partial charge in [0.1, 0.15) is 33.0 Å². The summed E-state index contributed by atoms with van der Waals surface area (Å²) >= 11 is 0. The first-order valence-corrected chi connectivity index (χ1v) is 50.8. The number of unbranched alkanes of at least 4 members (excludes halogenated alkanes) is 40. The van der Waals surface area contributed by atoms with Crippen LogP contribution < -0.4 is 0 Å². The van der Waals surface area contributed by atoms with Crippen LogP contribution >= 0.6 is 0 Å². The van der Waals surface area contributed by atoms with Crippen LogP contribution in [0.4, 0.5) is 0 Å². The molecule has 0 aromatic carbocycles. The van der Waals surface area contributed by atoms with Gasteiger partial charge in [-0.05, 0) is 64.2 Å². The van der Waals surface area contributed by atoms with Crippen molar-refractivity contribution in [1.82, 2.24) is 24.5 Å². The second-order valence-corrected chi connectivity index (χ2v) is 35.6. The second-order valence-electron chi connectivity index (χ2n) is 35.6. The maximum absolute atomic E-state index is 14.2. The normalized spacial score (nSPS) is 14.2. The van der Waals surface area contributed by atoms with Crippen molar-refractivity contribution in [2.24, 2.45) is 29.6 Å². The lowest BCUT2D eigenvalue weighted by molar-refractivity contribution is -0.151. The minimum Gasteiger partial charge on any atom is -0.464 e. The van der Waals surface area contributed by atoms with E-state index in [0.717, 1.165) is 232 Å². The van der Waals surface area contributed by atoms with Crippen LogP contribution in [0.15, 0.2) is 0 Å². The molecule has 1 fully saturated rings. The second kappa shape index (κ2) is 83.4. The Hall–Kier alpha value is -2.85. The van der Waals surface area contributed by atoms with Gasteiger partial charge in [-0.1, -0.05) is 390 Å². The van der Waals surface area contributed by atoms with E-state index in [1.807, 2.05) is 0 Å². The molecule has 0 saturated carbocycles. The Balaban J connectivity index is 3.60. The summed E-state index contributed by atoms with van der Waals surface area (Å²) in [6.07, 6.45) is 68.0. The largest absolute Gasteiger partial charge is 0.464 e. The van der Waals surface area contributed by atoms with Gasteiger partial charge < -0.3 is 23.7 Å². The quantitative estimate of drug-likeness (QED) is 0.0323. The molecule has 1 rings (SSSR count). The number of esters is 5. The fraction of sp³-hybridized carbons (Fsp3) is 0.950. The Bertz CT molecular complexity index is 2030. The summed E-state index contributed by atoms with van der Waals surface area (Å²) in [5, 5.41) is 0. The molecule has 0 aromatic rings. The molecule has 0 N–H and O–H groups in total. The molecular weight excluding hydrogens is 1430 g/mol. The van der Waals surface area contributed by atoms with E-state index in [4.69, 9.17) is 23.7 Å². The van der Waals surface area contributed by atoms with Crippen molar-refractivity contribution in [2.45, 2.75) is 454 Å². The Kier molecular flexibility index (Phi) is 79.9. The molecule has 0 radical (unpaired) electrons. The van der Waals surface area contributed by atoms with Gasteiger partial charge in [-0.2, -0.15) is 0 Å². The number of hydrogen-bond donors (Lipinski definition) is 0. The predicted octanol–water partition coefficient (Wildman–Crippen LogP) is 25.9. The van der Waals surface area contributed by atoms with Gasteiger partial charge >= 0.3 is 29.8 Å². The van der Waals surface area contributed by atoms with Gasteiger partial charge in [0.2, 0.25) is 0 Å². The lowest BCUT2D eigenvalue weighted by atomic mass is 9.94. The number of nitrogens with zero attached hydrogens (tertiary/aromatic N) is 5. The molecule has 1 heterocycles. The number of piperazine rings is 1. The molecule has 0 amide bonds. The highest BCUT2D eigenvalue weighted by Crippen LogP contribution is 2.27. The Labute approximate surface area is 713 Å². The summed E-state index contributed by atoms with van der Waals surface area (Å²) in [6, 6.07) is 0. The standard InChI is InChI=1S/C100H195N5O10/c1-11-21-31-41-46-56-66-91(61-51-36-26-16-6)96(106)111-86-81-103(78-80-105(84-89-114-99(109)94(64-54-39-29-19-9)69-59-49-44-34-24-14-4)85-90-115-100(110)95(65-55-40-30-20-10)70-60-50-45-35-25-15-5)77-75-101-71-73-102(74-72-101)76-79-104(82-87-112-97(107)92(62-52-37-27-17-7)67-57-47-42-32-22-12-2)83-88-113-98(108)93(63-53-38-28-18-8)68-58-48-43-33-23-13-3/h91-95H,11-90H2,1-10H3. The van der Waals surface area contributed by atoms with E-state index in [2.05, 4.69) is 93.7 Å². The van der Waals surface area contributed by atoms with Crippen LogP contribution in [0.3, 0.4) is 0 Å². The lowest BCUT2D eigenvalue weighted by Gasteiger charge is -2.37. The Morgan fingerprint density at radius 3 is 0.513 bits per heavy atom. The van der Waals surface area contributed by atoms with Crippen LogP contribution in [0.25, 0.3) is 0 Å². The highest BCUT2D eigenvalue weighted by atomic mass is 16.5. The minimum atomic E-state index is -0.0782. The topological polar surface area (TPSA) is 148 Å². The summed E-state index contributed by atoms with van der Waals surface area (Å²) in [5.74, 6) is -0.537. The van der Waals surface area contributed by atoms with Crippen LogP contribution in [0.2, 0.25) is 0 Å². The van der Waals surface area contributed by atoms with Gasteiger partial charge in [0.15, 0.2) is 0 Å². The fourth-order valence-electron chi connectivity index (χ4n) is 16.9. The summed E-state index contributed by atoms with van der Waals surface area (Å²) in [4.78, 5) is 82.9. The van der Waals surface area contributed by atoms with Crippen molar-refractivity contribution in [1.29, 1.82) is 0 Å². The van der Waals surface area contributed by atoms with Crippen molar-refractivity contribution >= 4 is 29.8 Å². The molecule has 1 aliphatic heterocycles. The smallest absolute Gasteiger partial charge is 0.308 e. The highest BCUT2D eigenvalue weighted by molar-refractivity contribution is 5.74. The van der Waals surface area contributed by atoms with Gasteiger partial charge in [-0.25, -0.2) is 0 Å². The van der Waals surface area contributed by atoms with E-state index in [9.17, 15) is 24.0 Å². The van der Waals surface area contributed by atoms with Crippen LogP contribution in [0, 0.1) is 29.6 Å². The van der Waals surface area contributed by atoms with Crippen LogP contribution in [0.1, 0.15) is 454 Å². The Morgan fingerprint density at radius 2 is 0.339 bits per heavy atom. The molecule has 5 unspecified atom stereocenters. The molecule has 0 bridgehead atoms. The van der Waals surface area contributed by atoms with Crippen molar-refractivity contribution in [2.75, 3.05) is 131 Å². The summed E-state index contributed by atoms with van der Waals surface area (Å²) in [7, 11) is 0. The van der Waals surface area contributed by atoms with Crippen LogP contribution in [-0.2, 0) is 47.7 Å². The van der Waals surface area contributed by atoms with Gasteiger partial charge in [-0.15, -0.1) is 0 Å². The third kappa shape index (κ3) is 65.5. The minimum absolute atomic E-state index is 0.0338. The van der Waals surface area contributed by atoms with E-state index in [-0.39, 0.29) is 59.4 Å². The van der Waals surface area contributed by atoms with E-state index in [1.54, 1.807) is 0 Å². The first-order chi connectivity index (χ1) is 56.4. The number of hydrogen-bond acceptors (Lipinski definition) is 15. The number of ether oxygens (including phenoxy) is 5. The molecular formula is C100H195N5O10. The molecule has 115 heavy (non-hydrogen) atoms. The molecule has 0 spiro atoms. The average Bonchev–Trinajstić information content (AvgIpc) is 0.889. The summed E-state index contributed by atoms with van der Waals surface area (Å²) in [6.45, 7) is 35.6. The van der Waals surface area contributed by atoms with Crippen molar-refractivity contribution in [3.05, 3.63) is 0 Å². The number of carbonyl (C=O) groups excluding carboxylic acids is 5. The molecule has 0 aliphatic carbocycles. The van der Waals surface area contributed by atoms with Gasteiger partial charge in [0.25, 0.3) is 0 Å². The van der Waals surface area contributed by atoms with Crippen molar-refractivity contribution < 1.29 is 47.7 Å². The van der Waals surface area contributed by atoms with Crippen molar-refractivity contribution in [3.63, 3.8) is 0 Å². The highest BCUT2D eigenvalue weighted by Gasteiger charge is 2.27. The lowest BCUT2D eigenvalue weighted by Crippen LogP contribution is -2.51. The van der Waals surface area contributed by atoms with Crippen molar-refractivity contribution in [3.8, 4) is 0 Å². The molecule has 15 nitrogen and oxygen atoms in total. The summed E-state index contributed by atoms with van der Waals surface area (Å²) in [5.41, 5.74) is 0. The van der Waals surface area contributed by atoms with Gasteiger partial charge in [0.05, 0.1) is 29.6 Å². The van der Waals surface area contributed by atoms with Gasteiger partial charge in [0, 0.05) is 98.2 Å². The van der Waals surface area contributed by atoms with E-state index in [1.165, 1.54) is 212 Å². The van der Waals surface area contributed by atoms with Gasteiger partial charge in [-0.3, -0.25) is 48.5 Å². The zero-order chi connectivity index (χ0) is 83.8. The summed E-state index contributed by atoms with van der Waals surface area (Å²) < 4.78 is 31.5. The molecule has 15 heteroatoms. The zero-order valence-electron chi connectivity index (χ0n) is 78.3. The third-order valence-corrected chi connectivity index (χ3v) is 25.1. The molecule has 1 saturated heterocycles. The fourth-order valence-corrected chi connectivity index (χ4v) is 16.9. The number of rotatable bonds is 89. The Morgan fingerprint density at radius 1 is 0.200 bits per heavy atom. The van der Waals surface area contributed by atoms with E-state index < -0.39 is 0 Å². The van der Waals surface area contributed by atoms with E-state index >= 15 is 0 Å². The van der Waals surface area contributed by atoms with Crippen LogP contribution in [0.5, 0.6) is 0 Å². The maximum Gasteiger partial charge on any atom is 0.308 e. The zero-order valence-corrected chi connectivity index (χ0v) is 78.3. The average molecular weight is 1630 g/mol. The maximum atomic E-state index is 14.2. The first kappa shape index (κ1) is 110. The predicted molar refractivity (Wildman–Crippen MR) is 488 cm³/mol. The number of carbonyl (C=O) groups is 5. The monoisotopic (exact) mass is 1630 g/mol. The van der Waals surface area contributed by atoms with E-state index in [0.29, 0.717) is 72.3 Å². The van der Waals surface area contributed by atoms with Crippen LogP contribution in [-0.4, -0.2) is 186 Å². The molecule has 1 aliphatic rings. The molecule has 680 valence electrons. The SMILES string of the molecule is CCCCCCCCC(CCCCCC)C(=O)OCCN(CCOC(=O)C(CCCCCC)CCCCCCCC)CCN(CCOC(=O)C(CCCCCC)CCCCCCCC)CCN1CCN(CCN(CCOC(=O)C(CCCCCC)CCCCCCCC)CCOC(=O)C(CCCCCC)CCCCCCCC)CC1. The molecule has 5 atom stereocenters. The third-order valence-electron chi connectivity index (χ3n) is 25.1.